The molecule has 8 nitrogen and oxygen atoms in total. The molecule has 1 aliphatic heterocycles. The Labute approximate surface area is 206 Å². The Morgan fingerprint density at radius 3 is 1.89 bits per heavy atom. The molecule has 1 heterocycles. The highest BCUT2D eigenvalue weighted by Gasteiger charge is 2.34. The van der Waals surface area contributed by atoms with Crippen LogP contribution in [-0.2, 0) is 14.3 Å². The lowest BCUT2D eigenvalue weighted by Gasteiger charge is -2.29. The maximum atomic E-state index is 11.4. The van der Waals surface area contributed by atoms with E-state index in [1.54, 1.807) is 24.3 Å². The van der Waals surface area contributed by atoms with Crippen molar-refractivity contribution in [1.29, 1.82) is 0 Å². The molecule has 0 amide bonds. The van der Waals surface area contributed by atoms with E-state index in [2.05, 4.69) is 18.8 Å². The van der Waals surface area contributed by atoms with Crippen molar-refractivity contribution in [2.24, 2.45) is 0 Å². The van der Waals surface area contributed by atoms with Crippen LogP contribution in [0.1, 0.15) is 26.2 Å². The number of carboxylic acids is 1. The second kappa shape index (κ2) is 14.1. The van der Waals surface area contributed by atoms with Crippen LogP contribution in [0.3, 0.4) is 0 Å². The molecule has 188 valence electrons. The molecule has 0 atom stereocenters. The topological polar surface area (TPSA) is 92.7 Å². The number of unbranched alkanes of at least 4 members (excludes halogenated alkanes) is 2. The van der Waals surface area contributed by atoms with Crippen LogP contribution in [0, 0.1) is 11.8 Å². The van der Waals surface area contributed by atoms with Gasteiger partial charge in [0.05, 0.1) is 13.2 Å². The maximum Gasteiger partial charge on any atom is 0.329 e. The van der Waals surface area contributed by atoms with E-state index in [4.69, 9.17) is 28.4 Å². The van der Waals surface area contributed by atoms with Gasteiger partial charge in [0.15, 0.2) is 28.6 Å². The molecule has 8 heteroatoms. The van der Waals surface area contributed by atoms with Gasteiger partial charge in [-0.15, -0.1) is 0 Å². The van der Waals surface area contributed by atoms with E-state index in [-0.39, 0.29) is 13.2 Å². The average molecular weight is 485 g/mol. The van der Waals surface area contributed by atoms with Crippen molar-refractivity contribution in [3.05, 3.63) is 48.5 Å². The molecule has 2 aromatic carbocycles. The molecule has 0 unspecified atom stereocenters. The van der Waals surface area contributed by atoms with Gasteiger partial charge >= 0.3 is 5.97 Å². The Morgan fingerprint density at radius 1 is 0.886 bits per heavy atom. The van der Waals surface area contributed by atoms with Crippen LogP contribution >= 0.6 is 0 Å². The van der Waals surface area contributed by atoms with Crippen LogP contribution in [0.25, 0.3) is 0 Å². The highest BCUT2D eigenvalue weighted by molar-refractivity contribution is 5.68. The SMILES string of the molecule is CCCCC#CC1(OCC(=O)O)COc2ccccc2OCCOCCOc2ccccc2OC1. The molecule has 2 aromatic rings. The van der Waals surface area contributed by atoms with E-state index in [1.165, 1.54) is 0 Å². The van der Waals surface area contributed by atoms with E-state index in [1.807, 2.05) is 24.3 Å². The molecule has 0 saturated heterocycles. The second-order valence-corrected chi connectivity index (χ2v) is 7.86. The van der Waals surface area contributed by atoms with Crippen molar-refractivity contribution < 1.29 is 38.3 Å². The number of fused-ring (bicyclic) bond motifs is 2. The molecular weight excluding hydrogens is 452 g/mol. The highest BCUT2D eigenvalue weighted by atomic mass is 16.6. The molecule has 35 heavy (non-hydrogen) atoms. The number of benzene rings is 2. The van der Waals surface area contributed by atoms with Gasteiger partial charge in [-0.05, 0) is 30.7 Å². The zero-order valence-electron chi connectivity index (χ0n) is 20.0. The van der Waals surface area contributed by atoms with Gasteiger partial charge in [0.25, 0.3) is 0 Å². The van der Waals surface area contributed by atoms with Crippen molar-refractivity contribution >= 4 is 5.97 Å². The van der Waals surface area contributed by atoms with Gasteiger partial charge in [-0.3, -0.25) is 0 Å². The summed E-state index contributed by atoms with van der Waals surface area (Å²) >= 11 is 0. The highest BCUT2D eigenvalue weighted by Crippen LogP contribution is 2.30. The van der Waals surface area contributed by atoms with Crippen LogP contribution in [0.5, 0.6) is 23.0 Å². The van der Waals surface area contributed by atoms with Crippen LogP contribution < -0.4 is 18.9 Å². The lowest BCUT2D eigenvalue weighted by molar-refractivity contribution is -0.149. The number of aliphatic carboxylic acids is 1. The largest absolute Gasteiger partial charge is 0.487 e. The molecule has 0 radical (unpaired) electrons. The van der Waals surface area contributed by atoms with Crippen LogP contribution in [0.2, 0.25) is 0 Å². The molecule has 0 bridgehead atoms. The van der Waals surface area contributed by atoms with E-state index in [9.17, 15) is 9.90 Å². The average Bonchev–Trinajstić information content (AvgIpc) is 2.87. The normalized spacial score (nSPS) is 15.9. The Bertz CT molecular complexity index is 938. The molecular formula is C27H32O8. The first kappa shape index (κ1) is 26.2. The third kappa shape index (κ3) is 8.71. The molecule has 0 spiro atoms. The fourth-order valence-corrected chi connectivity index (χ4v) is 3.21. The van der Waals surface area contributed by atoms with Crippen LogP contribution in [-0.4, -0.2) is 62.9 Å². The smallest absolute Gasteiger partial charge is 0.329 e. The van der Waals surface area contributed by atoms with Crippen LogP contribution in [0.15, 0.2) is 48.5 Å². The number of rotatable bonds is 5. The standard InChI is InChI=1S/C27H32O8/c1-2-3-4-9-14-27(35-19-26(28)29)20-33-24-12-7-5-10-22(24)31-17-15-30-16-18-32-23-11-6-8-13-25(23)34-21-27/h5-8,10-13H,2-4,15-21H2,1H3,(H,28,29). The molecule has 1 aliphatic rings. The summed E-state index contributed by atoms with van der Waals surface area (Å²) in [6.07, 6.45) is 2.55. The molecule has 0 fully saturated rings. The third-order valence-electron chi connectivity index (χ3n) is 5.03. The Hall–Kier alpha value is -3.41. The van der Waals surface area contributed by atoms with Gasteiger partial charge in [-0.25, -0.2) is 4.79 Å². The van der Waals surface area contributed by atoms with Crippen molar-refractivity contribution in [3.8, 4) is 34.8 Å². The van der Waals surface area contributed by atoms with Gasteiger partial charge < -0.3 is 33.5 Å². The van der Waals surface area contributed by atoms with Crippen molar-refractivity contribution in [3.63, 3.8) is 0 Å². The fraction of sp³-hybridized carbons (Fsp3) is 0.444. The number of hydrogen-bond acceptors (Lipinski definition) is 7. The summed E-state index contributed by atoms with van der Waals surface area (Å²) in [5.74, 6) is 7.16. The summed E-state index contributed by atoms with van der Waals surface area (Å²) in [4.78, 5) is 11.4. The number of para-hydroxylation sites is 4. The summed E-state index contributed by atoms with van der Waals surface area (Å²) in [5, 5.41) is 9.31. The van der Waals surface area contributed by atoms with E-state index >= 15 is 0 Å². The predicted octanol–water partition coefficient (Wildman–Crippen LogP) is 3.97. The third-order valence-corrected chi connectivity index (χ3v) is 5.03. The van der Waals surface area contributed by atoms with Crippen molar-refractivity contribution in [2.45, 2.75) is 31.8 Å². The van der Waals surface area contributed by atoms with Crippen molar-refractivity contribution in [1.82, 2.24) is 0 Å². The zero-order valence-corrected chi connectivity index (χ0v) is 20.0. The summed E-state index contributed by atoms with van der Waals surface area (Å²) in [6.45, 7) is 2.81. The van der Waals surface area contributed by atoms with Gasteiger partial charge in [0.2, 0.25) is 0 Å². The predicted molar refractivity (Wildman–Crippen MR) is 129 cm³/mol. The molecule has 0 aromatic heterocycles. The first-order valence-corrected chi connectivity index (χ1v) is 11.7. The quantitative estimate of drug-likeness (QED) is 0.504. The monoisotopic (exact) mass is 484 g/mol. The van der Waals surface area contributed by atoms with Gasteiger partial charge in [0, 0.05) is 6.42 Å². The van der Waals surface area contributed by atoms with Gasteiger partial charge in [-0.1, -0.05) is 49.5 Å². The minimum atomic E-state index is -1.34. The Kier molecular flexibility index (Phi) is 10.6. The molecule has 0 aliphatic carbocycles. The lowest BCUT2D eigenvalue weighted by Crippen LogP contribution is -2.45. The number of ether oxygens (including phenoxy) is 6. The fourth-order valence-electron chi connectivity index (χ4n) is 3.21. The number of hydrogen-bond donors (Lipinski definition) is 1. The summed E-state index contributed by atoms with van der Waals surface area (Å²) in [7, 11) is 0. The van der Waals surface area contributed by atoms with Gasteiger partial charge in [-0.2, -0.15) is 0 Å². The van der Waals surface area contributed by atoms with Crippen molar-refractivity contribution in [2.75, 3.05) is 46.2 Å². The summed E-state index contributed by atoms with van der Waals surface area (Å²) in [6, 6.07) is 14.5. The second-order valence-electron chi connectivity index (χ2n) is 7.86. The molecule has 0 saturated carbocycles. The maximum absolute atomic E-state index is 11.4. The minimum absolute atomic E-state index is 0.0701. The van der Waals surface area contributed by atoms with E-state index < -0.39 is 18.2 Å². The van der Waals surface area contributed by atoms with Gasteiger partial charge in [0.1, 0.15) is 33.0 Å². The molecule has 3 rings (SSSR count). The number of carbonyl (C=O) groups is 1. The van der Waals surface area contributed by atoms with Crippen LogP contribution in [0.4, 0.5) is 0 Å². The first-order chi connectivity index (χ1) is 17.1. The minimum Gasteiger partial charge on any atom is -0.487 e. The number of carboxylic acid groups (broad SMARTS) is 1. The first-order valence-electron chi connectivity index (χ1n) is 11.7. The molecule has 1 N–H and O–H groups in total. The van der Waals surface area contributed by atoms with E-state index in [0.717, 1.165) is 12.8 Å². The zero-order chi connectivity index (χ0) is 24.8. The lowest BCUT2D eigenvalue weighted by atomic mass is 10.1. The van der Waals surface area contributed by atoms with E-state index in [0.29, 0.717) is 55.8 Å². The Morgan fingerprint density at radius 2 is 1.40 bits per heavy atom. The Balaban J connectivity index is 1.93. The summed E-state index contributed by atoms with van der Waals surface area (Å²) in [5.41, 5.74) is -1.34. The summed E-state index contributed by atoms with van der Waals surface area (Å²) < 4.78 is 35.2.